The van der Waals surface area contributed by atoms with Gasteiger partial charge in [0, 0.05) is 0 Å². The van der Waals surface area contributed by atoms with E-state index in [0.29, 0.717) is 16.9 Å². The summed E-state index contributed by atoms with van der Waals surface area (Å²) >= 11 is 0. The molecule has 1 heterocycles. The van der Waals surface area contributed by atoms with E-state index in [0.717, 1.165) is 15.7 Å². The molecule has 4 rings (SSSR count). The fraction of sp³-hybridized carbons (Fsp3) is 0.136. The van der Waals surface area contributed by atoms with Gasteiger partial charge in [0.15, 0.2) is 6.61 Å². The van der Waals surface area contributed by atoms with Crippen LogP contribution in [0.3, 0.4) is 0 Å². The van der Waals surface area contributed by atoms with Gasteiger partial charge in [-0.05, 0) is 35.0 Å². The fourth-order valence-corrected chi connectivity index (χ4v) is 3.13. The number of fused-ring (bicyclic) bond motifs is 2. The average molecular weight is 375 g/mol. The van der Waals surface area contributed by atoms with Crippen molar-refractivity contribution in [3.05, 3.63) is 77.9 Å². The Balaban J connectivity index is 1.27. The largest absolute Gasteiger partial charge is 0.482 e. The molecule has 0 saturated carbocycles. The lowest BCUT2D eigenvalue weighted by molar-refractivity contribution is -0.146. The number of amides is 2. The van der Waals surface area contributed by atoms with Crippen LogP contribution in [-0.4, -0.2) is 42.4 Å². The smallest absolute Gasteiger partial charge is 0.344 e. The Labute approximate surface area is 161 Å². The number of imide groups is 1. The van der Waals surface area contributed by atoms with Crippen molar-refractivity contribution in [2.75, 3.05) is 19.8 Å². The van der Waals surface area contributed by atoms with Gasteiger partial charge in [0.05, 0.1) is 17.7 Å². The number of rotatable bonds is 6. The van der Waals surface area contributed by atoms with Crippen molar-refractivity contribution < 1.29 is 23.9 Å². The van der Waals surface area contributed by atoms with Gasteiger partial charge >= 0.3 is 5.97 Å². The third-order valence-corrected chi connectivity index (χ3v) is 4.53. The van der Waals surface area contributed by atoms with Gasteiger partial charge < -0.3 is 9.47 Å². The Hall–Kier alpha value is -3.67. The lowest BCUT2D eigenvalue weighted by Gasteiger charge is -2.14. The van der Waals surface area contributed by atoms with Crippen molar-refractivity contribution in [1.29, 1.82) is 0 Å². The molecule has 6 nitrogen and oxygen atoms in total. The van der Waals surface area contributed by atoms with Gasteiger partial charge in [-0.15, -0.1) is 0 Å². The lowest BCUT2D eigenvalue weighted by Crippen LogP contribution is -2.33. The van der Waals surface area contributed by atoms with Gasteiger partial charge in [-0.3, -0.25) is 14.5 Å². The topological polar surface area (TPSA) is 72.9 Å². The monoisotopic (exact) mass is 375 g/mol. The zero-order valence-electron chi connectivity index (χ0n) is 15.0. The number of esters is 1. The van der Waals surface area contributed by atoms with E-state index in [1.54, 1.807) is 30.3 Å². The standard InChI is InChI=1S/C22H17NO5/c24-20(14-28-17-10-9-15-5-1-2-6-16(15)13-17)27-12-11-23-21(25)18-7-3-4-8-19(18)22(23)26/h1-10,13H,11-12,14H2. The molecule has 0 spiro atoms. The fourth-order valence-electron chi connectivity index (χ4n) is 3.13. The molecule has 0 N–H and O–H groups in total. The summed E-state index contributed by atoms with van der Waals surface area (Å²) in [6, 6.07) is 20.0. The van der Waals surface area contributed by atoms with Crippen LogP contribution >= 0.6 is 0 Å². The number of benzene rings is 3. The molecule has 0 aromatic heterocycles. The average Bonchev–Trinajstić information content (AvgIpc) is 2.97. The summed E-state index contributed by atoms with van der Waals surface area (Å²) in [4.78, 5) is 37.5. The number of carbonyl (C=O) groups is 3. The zero-order chi connectivity index (χ0) is 19.5. The van der Waals surface area contributed by atoms with Crippen molar-refractivity contribution in [3.63, 3.8) is 0 Å². The number of nitrogens with zero attached hydrogens (tertiary/aromatic N) is 1. The van der Waals surface area contributed by atoms with Crippen LogP contribution in [0.2, 0.25) is 0 Å². The van der Waals surface area contributed by atoms with Crippen LogP contribution < -0.4 is 4.74 Å². The second-order valence-electron chi connectivity index (χ2n) is 6.33. The maximum absolute atomic E-state index is 12.2. The molecule has 28 heavy (non-hydrogen) atoms. The van der Waals surface area contributed by atoms with Crippen LogP contribution in [0.4, 0.5) is 0 Å². The van der Waals surface area contributed by atoms with E-state index in [-0.39, 0.29) is 31.6 Å². The van der Waals surface area contributed by atoms with E-state index < -0.39 is 5.97 Å². The first-order valence-electron chi connectivity index (χ1n) is 8.86. The minimum atomic E-state index is -0.565. The molecular formula is C22H17NO5. The highest BCUT2D eigenvalue weighted by Crippen LogP contribution is 2.22. The van der Waals surface area contributed by atoms with Gasteiger partial charge in [-0.1, -0.05) is 42.5 Å². The van der Waals surface area contributed by atoms with Gasteiger partial charge in [0.2, 0.25) is 0 Å². The summed E-state index contributed by atoms with van der Waals surface area (Å²) < 4.78 is 10.6. The lowest BCUT2D eigenvalue weighted by atomic mass is 10.1. The van der Waals surface area contributed by atoms with Crippen LogP contribution in [0.5, 0.6) is 5.75 Å². The molecule has 2 amide bonds. The Bertz CT molecular complexity index is 1040. The molecule has 0 aliphatic carbocycles. The molecule has 3 aromatic rings. The molecule has 0 radical (unpaired) electrons. The summed E-state index contributed by atoms with van der Waals surface area (Å²) in [5.74, 6) is -0.742. The molecule has 0 bridgehead atoms. The first kappa shape index (κ1) is 17.7. The quantitative estimate of drug-likeness (QED) is 0.489. The third-order valence-electron chi connectivity index (χ3n) is 4.53. The Kier molecular flexibility index (Phi) is 4.76. The van der Waals surface area contributed by atoms with Gasteiger partial charge in [-0.2, -0.15) is 0 Å². The summed E-state index contributed by atoms with van der Waals surface area (Å²) in [5, 5.41) is 2.09. The molecular weight excluding hydrogens is 358 g/mol. The van der Waals surface area contributed by atoms with E-state index >= 15 is 0 Å². The first-order chi connectivity index (χ1) is 13.6. The Morgan fingerprint density at radius 1 is 0.821 bits per heavy atom. The Morgan fingerprint density at radius 3 is 2.18 bits per heavy atom. The normalized spacial score (nSPS) is 12.9. The summed E-state index contributed by atoms with van der Waals surface area (Å²) in [7, 11) is 0. The molecule has 0 atom stereocenters. The van der Waals surface area contributed by atoms with Gasteiger partial charge in [0.25, 0.3) is 11.8 Å². The van der Waals surface area contributed by atoms with Crippen molar-refractivity contribution in [3.8, 4) is 5.75 Å². The van der Waals surface area contributed by atoms with Crippen LogP contribution in [0.25, 0.3) is 10.8 Å². The van der Waals surface area contributed by atoms with Crippen LogP contribution in [0, 0.1) is 0 Å². The van der Waals surface area contributed by atoms with Crippen molar-refractivity contribution >= 4 is 28.6 Å². The van der Waals surface area contributed by atoms with Crippen LogP contribution in [-0.2, 0) is 9.53 Å². The highest BCUT2D eigenvalue weighted by molar-refractivity contribution is 6.21. The SMILES string of the molecule is O=C(COc1ccc2ccccc2c1)OCCN1C(=O)c2ccccc2C1=O. The van der Waals surface area contributed by atoms with Crippen molar-refractivity contribution in [1.82, 2.24) is 4.90 Å². The number of carbonyl (C=O) groups excluding carboxylic acids is 3. The highest BCUT2D eigenvalue weighted by Gasteiger charge is 2.34. The molecule has 6 heteroatoms. The molecule has 0 fully saturated rings. The molecule has 140 valence electrons. The minimum Gasteiger partial charge on any atom is -0.482 e. The van der Waals surface area contributed by atoms with Gasteiger partial charge in [-0.25, -0.2) is 4.79 Å². The van der Waals surface area contributed by atoms with E-state index in [1.165, 1.54) is 0 Å². The van der Waals surface area contributed by atoms with Crippen LogP contribution in [0.15, 0.2) is 66.7 Å². The van der Waals surface area contributed by atoms with E-state index in [1.807, 2.05) is 36.4 Å². The first-order valence-corrected chi connectivity index (χ1v) is 8.86. The maximum atomic E-state index is 12.2. The summed E-state index contributed by atoms with van der Waals surface area (Å²) in [5.41, 5.74) is 0.747. The predicted octanol–water partition coefficient (Wildman–Crippen LogP) is 3.06. The molecule has 0 unspecified atom stereocenters. The van der Waals surface area contributed by atoms with Gasteiger partial charge in [0.1, 0.15) is 12.4 Å². The highest BCUT2D eigenvalue weighted by atomic mass is 16.6. The number of ether oxygens (including phenoxy) is 2. The third kappa shape index (κ3) is 3.44. The summed E-state index contributed by atoms with van der Waals surface area (Å²) in [6.07, 6.45) is 0. The number of hydrogen-bond donors (Lipinski definition) is 0. The van der Waals surface area contributed by atoms with E-state index in [2.05, 4.69) is 0 Å². The Morgan fingerprint density at radius 2 is 1.46 bits per heavy atom. The second kappa shape index (κ2) is 7.52. The molecule has 3 aromatic carbocycles. The predicted molar refractivity (Wildman–Crippen MR) is 102 cm³/mol. The maximum Gasteiger partial charge on any atom is 0.344 e. The van der Waals surface area contributed by atoms with Crippen LogP contribution in [0.1, 0.15) is 20.7 Å². The molecule has 1 aliphatic heterocycles. The second-order valence-corrected chi connectivity index (χ2v) is 6.33. The zero-order valence-corrected chi connectivity index (χ0v) is 15.0. The van der Waals surface area contributed by atoms with Crippen molar-refractivity contribution in [2.24, 2.45) is 0 Å². The van der Waals surface area contributed by atoms with E-state index in [4.69, 9.17) is 9.47 Å². The molecule has 0 saturated heterocycles. The summed E-state index contributed by atoms with van der Waals surface area (Å²) in [6.45, 7) is -0.320. The minimum absolute atomic E-state index is 0.00800. The van der Waals surface area contributed by atoms with E-state index in [9.17, 15) is 14.4 Å². The van der Waals surface area contributed by atoms with Crippen molar-refractivity contribution in [2.45, 2.75) is 0 Å². The molecule has 1 aliphatic rings. The number of hydrogen-bond acceptors (Lipinski definition) is 5.